The van der Waals surface area contributed by atoms with Gasteiger partial charge in [-0.05, 0) is 32.0 Å². The number of hydrogen-bond donors (Lipinski definition) is 2. The van der Waals surface area contributed by atoms with E-state index in [9.17, 15) is 9.59 Å². The summed E-state index contributed by atoms with van der Waals surface area (Å²) in [6.45, 7) is 3.25. The van der Waals surface area contributed by atoms with E-state index in [0.717, 1.165) is 10.2 Å². The van der Waals surface area contributed by atoms with Crippen molar-refractivity contribution in [2.45, 2.75) is 19.9 Å². The quantitative estimate of drug-likeness (QED) is 0.898. The topological polar surface area (TPSA) is 79.3 Å². The molecule has 2 rings (SSSR count). The highest BCUT2D eigenvalue weighted by molar-refractivity contribution is 7.16. The number of fused-ring (bicyclic) bond motifs is 1. The van der Waals surface area contributed by atoms with E-state index in [4.69, 9.17) is 5.11 Å². The maximum absolute atomic E-state index is 12.0. The third-order valence-corrected chi connectivity index (χ3v) is 3.88. The molecule has 0 aliphatic rings. The zero-order chi connectivity index (χ0) is 14.0. The van der Waals surface area contributed by atoms with Gasteiger partial charge in [-0.15, -0.1) is 11.3 Å². The van der Waals surface area contributed by atoms with Gasteiger partial charge in [0.2, 0.25) is 0 Å². The third-order valence-electron chi connectivity index (χ3n) is 3.09. The van der Waals surface area contributed by atoms with E-state index in [1.165, 1.54) is 11.3 Å². The van der Waals surface area contributed by atoms with Gasteiger partial charge in [-0.25, -0.2) is 4.98 Å². The lowest BCUT2D eigenvalue weighted by Gasteiger charge is -2.17. The number of rotatable bonds is 4. The van der Waals surface area contributed by atoms with E-state index < -0.39 is 17.9 Å². The van der Waals surface area contributed by atoms with Gasteiger partial charge in [0, 0.05) is 11.6 Å². The Hall–Kier alpha value is -1.95. The van der Waals surface area contributed by atoms with E-state index in [1.54, 1.807) is 37.6 Å². The van der Waals surface area contributed by atoms with Crippen LogP contribution in [0.25, 0.3) is 10.2 Å². The Kier molecular flexibility index (Phi) is 3.80. The van der Waals surface area contributed by atoms with E-state index in [0.29, 0.717) is 5.56 Å². The maximum Gasteiger partial charge on any atom is 0.308 e. The summed E-state index contributed by atoms with van der Waals surface area (Å²) in [4.78, 5) is 27.0. The first-order valence-electron chi connectivity index (χ1n) is 5.86. The Morgan fingerprint density at radius 2 is 2.11 bits per heavy atom. The Bertz CT molecular complexity index is 623. The molecule has 19 heavy (non-hydrogen) atoms. The first kappa shape index (κ1) is 13.5. The Morgan fingerprint density at radius 1 is 1.37 bits per heavy atom. The van der Waals surface area contributed by atoms with Crippen molar-refractivity contribution in [3.05, 3.63) is 29.3 Å². The number of nitrogens with one attached hydrogen (secondary N) is 1. The summed E-state index contributed by atoms with van der Waals surface area (Å²) < 4.78 is 0.937. The van der Waals surface area contributed by atoms with Crippen LogP contribution in [0, 0.1) is 5.92 Å². The molecule has 0 aliphatic heterocycles. The molecule has 0 saturated carbocycles. The lowest BCUT2D eigenvalue weighted by atomic mass is 10.0. The van der Waals surface area contributed by atoms with Crippen LogP contribution < -0.4 is 5.32 Å². The summed E-state index contributed by atoms with van der Waals surface area (Å²) in [6, 6.07) is 4.81. The molecule has 2 aromatic rings. The largest absolute Gasteiger partial charge is 0.481 e. The van der Waals surface area contributed by atoms with Crippen LogP contribution in [-0.2, 0) is 4.79 Å². The normalized spacial score (nSPS) is 14.0. The number of aliphatic carboxylic acids is 1. The number of benzene rings is 1. The zero-order valence-electron chi connectivity index (χ0n) is 10.6. The Morgan fingerprint density at radius 3 is 2.79 bits per heavy atom. The van der Waals surface area contributed by atoms with Gasteiger partial charge in [-0.2, -0.15) is 0 Å². The van der Waals surface area contributed by atoms with E-state index >= 15 is 0 Å². The van der Waals surface area contributed by atoms with Gasteiger partial charge in [0.25, 0.3) is 5.91 Å². The number of amides is 1. The Balaban J connectivity index is 2.13. The SMILES string of the molecule is CC(NC(=O)c1ccc2ncsc2c1)C(C)C(=O)O. The summed E-state index contributed by atoms with van der Waals surface area (Å²) >= 11 is 1.46. The molecule has 0 radical (unpaired) electrons. The summed E-state index contributed by atoms with van der Waals surface area (Å²) in [5.41, 5.74) is 3.09. The van der Waals surface area contributed by atoms with Crippen molar-refractivity contribution in [2.24, 2.45) is 5.92 Å². The second-order valence-corrected chi connectivity index (χ2v) is 5.31. The predicted octanol–water partition coefficient (Wildman–Crippen LogP) is 2.14. The van der Waals surface area contributed by atoms with Gasteiger partial charge in [-0.3, -0.25) is 9.59 Å². The Labute approximate surface area is 114 Å². The van der Waals surface area contributed by atoms with Gasteiger partial charge in [0.1, 0.15) is 0 Å². The number of thiazole rings is 1. The zero-order valence-corrected chi connectivity index (χ0v) is 11.4. The average molecular weight is 278 g/mol. The van der Waals surface area contributed by atoms with Crippen LogP contribution in [-0.4, -0.2) is 28.0 Å². The number of carboxylic acids is 1. The first-order valence-corrected chi connectivity index (χ1v) is 6.74. The van der Waals surface area contributed by atoms with E-state index in [2.05, 4.69) is 10.3 Å². The molecule has 0 bridgehead atoms. The van der Waals surface area contributed by atoms with Gasteiger partial charge >= 0.3 is 5.97 Å². The molecule has 1 aromatic carbocycles. The molecule has 0 aliphatic carbocycles. The minimum atomic E-state index is -0.925. The summed E-state index contributed by atoms with van der Waals surface area (Å²) in [5, 5.41) is 11.6. The van der Waals surface area contributed by atoms with Gasteiger partial charge < -0.3 is 10.4 Å². The predicted molar refractivity (Wildman–Crippen MR) is 73.3 cm³/mol. The van der Waals surface area contributed by atoms with Gasteiger partial charge in [0.15, 0.2) is 0 Å². The number of carbonyl (C=O) groups is 2. The molecule has 0 saturated heterocycles. The third kappa shape index (κ3) is 2.90. The molecule has 100 valence electrons. The van der Waals surface area contributed by atoms with Crippen molar-refractivity contribution in [2.75, 3.05) is 0 Å². The standard InChI is InChI=1S/C13H14N2O3S/c1-7(13(17)18)8(2)15-12(16)9-3-4-10-11(5-9)19-6-14-10/h3-8H,1-2H3,(H,15,16)(H,17,18). The first-order chi connectivity index (χ1) is 8.99. The van der Waals surface area contributed by atoms with E-state index in [1.807, 2.05) is 0 Å². The van der Waals surface area contributed by atoms with E-state index in [-0.39, 0.29) is 5.91 Å². The monoisotopic (exact) mass is 278 g/mol. The number of carbonyl (C=O) groups excluding carboxylic acids is 1. The second kappa shape index (κ2) is 5.36. The van der Waals surface area contributed by atoms with Gasteiger partial charge in [0.05, 0.1) is 21.6 Å². The highest BCUT2D eigenvalue weighted by Crippen LogP contribution is 2.19. The molecule has 2 unspecified atom stereocenters. The number of hydrogen-bond acceptors (Lipinski definition) is 4. The van der Waals surface area contributed by atoms with Crippen LogP contribution in [0.5, 0.6) is 0 Å². The molecule has 0 spiro atoms. The molecule has 5 nitrogen and oxygen atoms in total. The molecule has 2 N–H and O–H groups in total. The molecular weight excluding hydrogens is 264 g/mol. The highest BCUT2D eigenvalue weighted by Gasteiger charge is 2.21. The molecule has 0 fully saturated rings. The van der Waals surface area contributed by atoms with Crippen molar-refractivity contribution in [3.8, 4) is 0 Å². The van der Waals surface area contributed by atoms with Crippen LogP contribution in [0.4, 0.5) is 0 Å². The van der Waals surface area contributed by atoms with Crippen molar-refractivity contribution >= 4 is 33.4 Å². The van der Waals surface area contributed by atoms with Crippen LogP contribution in [0.2, 0.25) is 0 Å². The fourth-order valence-electron chi connectivity index (χ4n) is 1.63. The number of aromatic nitrogens is 1. The van der Waals surface area contributed by atoms with Crippen LogP contribution in [0.3, 0.4) is 0 Å². The van der Waals surface area contributed by atoms with Crippen LogP contribution >= 0.6 is 11.3 Å². The molecule has 1 aromatic heterocycles. The van der Waals surface area contributed by atoms with Crippen LogP contribution in [0.15, 0.2) is 23.7 Å². The molecule has 1 heterocycles. The molecule has 6 heteroatoms. The number of nitrogens with zero attached hydrogens (tertiary/aromatic N) is 1. The van der Waals surface area contributed by atoms with Crippen LogP contribution in [0.1, 0.15) is 24.2 Å². The highest BCUT2D eigenvalue weighted by atomic mass is 32.1. The molecular formula is C13H14N2O3S. The minimum Gasteiger partial charge on any atom is -0.481 e. The second-order valence-electron chi connectivity index (χ2n) is 4.42. The summed E-state index contributed by atoms with van der Waals surface area (Å²) in [7, 11) is 0. The molecule has 2 atom stereocenters. The fourth-order valence-corrected chi connectivity index (χ4v) is 2.34. The summed E-state index contributed by atoms with van der Waals surface area (Å²) in [5.74, 6) is -1.82. The van der Waals surface area contributed by atoms with Gasteiger partial charge in [-0.1, -0.05) is 0 Å². The van der Waals surface area contributed by atoms with Crippen molar-refractivity contribution in [1.29, 1.82) is 0 Å². The maximum atomic E-state index is 12.0. The smallest absolute Gasteiger partial charge is 0.308 e. The lowest BCUT2D eigenvalue weighted by Crippen LogP contribution is -2.40. The molecule has 1 amide bonds. The van der Waals surface area contributed by atoms with Crippen molar-refractivity contribution in [3.63, 3.8) is 0 Å². The summed E-state index contributed by atoms with van der Waals surface area (Å²) in [6.07, 6.45) is 0. The average Bonchev–Trinajstić information content (AvgIpc) is 2.84. The van der Waals surface area contributed by atoms with Crippen molar-refractivity contribution in [1.82, 2.24) is 10.3 Å². The fraction of sp³-hybridized carbons (Fsp3) is 0.308. The lowest BCUT2D eigenvalue weighted by molar-refractivity contribution is -0.141. The van der Waals surface area contributed by atoms with Crippen molar-refractivity contribution < 1.29 is 14.7 Å². The number of carboxylic acid groups (broad SMARTS) is 1. The minimum absolute atomic E-state index is 0.268.